The average Bonchev–Trinajstić information content (AvgIpc) is 2.80. The standard InChI is InChI=1S/C18H19N3/c1-12(2)11-21-16-6-4-5-15(19)17(16)20-18(21)14-9-7-13(3)8-10-14/h4-10H,1,11,19H2,2-3H3. The molecule has 3 rings (SSSR count). The van der Waals surface area contributed by atoms with Crippen LogP contribution in [0.25, 0.3) is 22.4 Å². The Hall–Kier alpha value is -2.55. The summed E-state index contributed by atoms with van der Waals surface area (Å²) in [6.07, 6.45) is 0. The van der Waals surface area contributed by atoms with Crippen molar-refractivity contribution >= 4 is 16.7 Å². The zero-order chi connectivity index (χ0) is 15.0. The highest BCUT2D eigenvalue weighted by Gasteiger charge is 2.14. The van der Waals surface area contributed by atoms with E-state index >= 15 is 0 Å². The molecule has 0 aliphatic heterocycles. The summed E-state index contributed by atoms with van der Waals surface area (Å²) in [5, 5.41) is 0. The molecule has 0 aliphatic carbocycles. The minimum atomic E-state index is 0.710. The molecule has 2 aromatic carbocycles. The molecule has 0 aliphatic rings. The molecule has 3 heteroatoms. The summed E-state index contributed by atoms with van der Waals surface area (Å²) in [5.74, 6) is 0.936. The van der Waals surface area contributed by atoms with Crippen LogP contribution >= 0.6 is 0 Å². The molecule has 0 amide bonds. The first-order valence-electron chi connectivity index (χ1n) is 7.02. The predicted octanol–water partition coefficient (Wildman–Crippen LogP) is 4.17. The number of aromatic nitrogens is 2. The largest absolute Gasteiger partial charge is 0.397 e. The molecule has 0 radical (unpaired) electrons. The van der Waals surface area contributed by atoms with E-state index in [4.69, 9.17) is 10.7 Å². The van der Waals surface area contributed by atoms with Gasteiger partial charge in [-0.15, -0.1) is 0 Å². The second-order valence-electron chi connectivity index (χ2n) is 5.56. The number of nitrogens with zero attached hydrogens (tertiary/aromatic N) is 2. The Bertz CT molecular complexity index is 810. The highest BCUT2D eigenvalue weighted by molar-refractivity contribution is 5.90. The lowest BCUT2D eigenvalue weighted by atomic mass is 10.1. The van der Waals surface area contributed by atoms with Crippen LogP contribution in [0.1, 0.15) is 12.5 Å². The Morgan fingerprint density at radius 2 is 1.90 bits per heavy atom. The maximum atomic E-state index is 6.07. The van der Waals surface area contributed by atoms with E-state index in [1.54, 1.807) is 0 Å². The Balaban J connectivity index is 2.27. The lowest BCUT2D eigenvalue weighted by Crippen LogP contribution is -2.01. The number of benzene rings is 2. The van der Waals surface area contributed by atoms with E-state index in [-0.39, 0.29) is 0 Å². The zero-order valence-electron chi connectivity index (χ0n) is 12.4. The topological polar surface area (TPSA) is 43.8 Å². The molecule has 0 unspecified atom stereocenters. The van der Waals surface area contributed by atoms with Crippen molar-refractivity contribution in [3.63, 3.8) is 0 Å². The maximum absolute atomic E-state index is 6.07. The first-order valence-corrected chi connectivity index (χ1v) is 7.02. The number of para-hydroxylation sites is 1. The lowest BCUT2D eigenvalue weighted by molar-refractivity contribution is 0.820. The number of rotatable bonds is 3. The molecule has 3 nitrogen and oxygen atoms in total. The van der Waals surface area contributed by atoms with Crippen molar-refractivity contribution in [2.75, 3.05) is 5.73 Å². The van der Waals surface area contributed by atoms with Gasteiger partial charge in [0, 0.05) is 12.1 Å². The third-order valence-corrected chi connectivity index (χ3v) is 3.55. The van der Waals surface area contributed by atoms with Gasteiger partial charge >= 0.3 is 0 Å². The maximum Gasteiger partial charge on any atom is 0.141 e. The van der Waals surface area contributed by atoms with Gasteiger partial charge in [0.2, 0.25) is 0 Å². The predicted molar refractivity (Wildman–Crippen MR) is 89.1 cm³/mol. The summed E-state index contributed by atoms with van der Waals surface area (Å²) in [4.78, 5) is 4.76. The first-order chi connectivity index (χ1) is 10.1. The average molecular weight is 277 g/mol. The molecular weight excluding hydrogens is 258 g/mol. The molecule has 1 aromatic heterocycles. The molecule has 106 valence electrons. The van der Waals surface area contributed by atoms with Crippen molar-refractivity contribution < 1.29 is 0 Å². The van der Waals surface area contributed by atoms with Gasteiger partial charge in [0.15, 0.2) is 0 Å². The first kappa shape index (κ1) is 13.4. The van der Waals surface area contributed by atoms with Crippen LogP contribution in [-0.4, -0.2) is 9.55 Å². The second-order valence-corrected chi connectivity index (χ2v) is 5.56. The lowest BCUT2D eigenvalue weighted by Gasteiger charge is -2.09. The molecule has 1 heterocycles. The summed E-state index contributed by atoms with van der Waals surface area (Å²) in [5.41, 5.74) is 12.1. The van der Waals surface area contributed by atoms with Crippen LogP contribution in [0.2, 0.25) is 0 Å². The van der Waals surface area contributed by atoms with E-state index in [1.165, 1.54) is 5.56 Å². The normalized spacial score (nSPS) is 11.0. The van der Waals surface area contributed by atoms with Gasteiger partial charge in [-0.25, -0.2) is 4.98 Å². The molecule has 0 saturated heterocycles. The monoisotopic (exact) mass is 277 g/mol. The van der Waals surface area contributed by atoms with Crippen molar-refractivity contribution in [3.8, 4) is 11.4 Å². The van der Waals surface area contributed by atoms with Gasteiger partial charge in [-0.1, -0.05) is 48.0 Å². The second kappa shape index (κ2) is 5.09. The molecule has 3 aromatic rings. The van der Waals surface area contributed by atoms with Crippen LogP contribution in [0, 0.1) is 6.92 Å². The van der Waals surface area contributed by atoms with Gasteiger partial charge in [0.1, 0.15) is 11.3 Å². The summed E-state index contributed by atoms with van der Waals surface area (Å²) in [6.45, 7) is 8.87. The third-order valence-electron chi connectivity index (χ3n) is 3.55. The van der Waals surface area contributed by atoms with Crippen LogP contribution in [0.5, 0.6) is 0 Å². The molecular formula is C18H19N3. The Morgan fingerprint density at radius 1 is 1.19 bits per heavy atom. The third kappa shape index (κ3) is 2.42. The number of allylic oxidation sites excluding steroid dienone is 1. The summed E-state index contributed by atoms with van der Waals surface area (Å²) >= 11 is 0. The SMILES string of the molecule is C=C(C)Cn1c(-c2ccc(C)cc2)nc2c(N)cccc21. The fraction of sp³-hybridized carbons (Fsp3) is 0.167. The zero-order valence-corrected chi connectivity index (χ0v) is 12.4. The summed E-state index contributed by atoms with van der Waals surface area (Å²) in [7, 11) is 0. The van der Waals surface area contributed by atoms with Gasteiger partial charge in [-0.05, 0) is 26.0 Å². The van der Waals surface area contributed by atoms with Crippen molar-refractivity contribution in [1.29, 1.82) is 0 Å². The van der Waals surface area contributed by atoms with Crippen LogP contribution in [-0.2, 0) is 6.54 Å². The van der Waals surface area contributed by atoms with Crippen LogP contribution < -0.4 is 5.73 Å². The molecule has 0 atom stereocenters. The Labute approximate surface area is 124 Å². The summed E-state index contributed by atoms with van der Waals surface area (Å²) in [6, 6.07) is 14.3. The number of nitrogen functional groups attached to an aromatic ring is 1. The Kier molecular flexibility index (Phi) is 3.26. The molecule has 21 heavy (non-hydrogen) atoms. The highest BCUT2D eigenvalue weighted by Crippen LogP contribution is 2.28. The minimum Gasteiger partial charge on any atom is -0.397 e. The number of nitrogens with two attached hydrogens (primary N) is 1. The van der Waals surface area contributed by atoms with E-state index in [2.05, 4.69) is 48.4 Å². The number of hydrogen-bond donors (Lipinski definition) is 1. The van der Waals surface area contributed by atoms with E-state index in [1.807, 2.05) is 19.1 Å². The number of anilines is 1. The highest BCUT2D eigenvalue weighted by atomic mass is 15.1. The fourth-order valence-corrected chi connectivity index (χ4v) is 2.52. The molecule has 0 saturated carbocycles. The summed E-state index contributed by atoms with van der Waals surface area (Å²) < 4.78 is 2.18. The molecule has 0 fully saturated rings. The van der Waals surface area contributed by atoms with E-state index in [9.17, 15) is 0 Å². The van der Waals surface area contributed by atoms with E-state index in [0.29, 0.717) is 5.69 Å². The number of imidazole rings is 1. The Morgan fingerprint density at radius 3 is 2.57 bits per heavy atom. The van der Waals surface area contributed by atoms with E-state index < -0.39 is 0 Å². The smallest absolute Gasteiger partial charge is 0.141 e. The van der Waals surface area contributed by atoms with Gasteiger partial charge in [0.25, 0.3) is 0 Å². The minimum absolute atomic E-state index is 0.710. The number of fused-ring (bicyclic) bond motifs is 1. The fourth-order valence-electron chi connectivity index (χ4n) is 2.52. The molecule has 2 N–H and O–H groups in total. The van der Waals surface area contributed by atoms with Crippen molar-refractivity contribution in [2.45, 2.75) is 20.4 Å². The van der Waals surface area contributed by atoms with E-state index in [0.717, 1.165) is 34.5 Å². The quantitative estimate of drug-likeness (QED) is 0.577. The van der Waals surface area contributed by atoms with Crippen molar-refractivity contribution in [1.82, 2.24) is 9.55 Å². The van der Waals surface area contributed by atoms with Gasteiger partial charge in [-0.2, -0.15) is 0 Å². The molecule has 0 bridgehead atoms. The van der Waals surface area contributed by atoms with Crippen LogP contribution in [0.3, 0.4) is 0 Å². The van der Waals surface area contributed by atoms with Crippen LogP contribution in [0.4, 0.5) is 5.69 Å². The molecule has 0 spiro atoms. The number of hydrogen-bond acceptors (Lipinski definition) is 2. The number of aryl methyl sites for hydroxylation is 1. The van der Waals surface area contributed by atoms with Crippen molar-refractivity contribution in [2.24, 2.45) is 0 Å². The van der Waals surface area contributed by atoms with Crippen molar-refractivity contribution in [3.05, 3.63) is 60.2 Å². The van der Waals surface area contributed by atoms with Crippen LogP contribution in [0.15, 0.2) is 54.6 Å². The van der Waals surface area contributed by atoms with Gasteiger partial charge in [0.05, 0.1) is 11.2 Å². The van der Waals surface area contributed by atoms with Gasteiger partial charge in [-0.3, -0.25) is 0 Å². The van der Waals surface area contributed by atoms with Gasteiger partial charge < -0.3 is 10.3 Å².